The van der Waals surface area contributed by atoms with Crippen molar-refractivity contribution in [3.63, 3.8) is 0 Å². The van der Waals surface area contributed by atoms with Gasteiger partial charge in [-0.15, -0.1) is 0 Å². The first-order valence-electron chi connectivity index (χ1n) is 6.29. The Hall–Kier alpha value is -1.93. The van der Waals surface area contributed by atoms with Gasteiger partial charge in [-0.1, -0.05) is 12.1 Å². The van der Waals surface area contributed by atoms with E-state index < -0.39 is 22.0 Å². The third kappa shape index (κ3) is 6.37. The number of carboxylic acids is 1. The number of esters is 1. The van der Waals surface area contributed by atoms with Crippen molar-refractivity contribution < 1.29 is 27.9 Å². The predicted molar refractivity (Wildman–Crippen MR) is 75.3 cm³/mol. The Morgan fingerprint density at radius 3 is 2.67 bits per heavy atom. The molecule has 116 valence electrons. The summed E-state index contributed by atoms with van der Waals surface area (Å²) in [5.74, 6) is -2.03. The number of hydrogen-bond acceptors (Lipinski definition) is 5. The first kappa shape index (κ1) is 17.1. The molecule has 0 atom stereocenters. The third-order valence-corrected chi connectivity index (χ3v) is 3.88. The SMILES string of the molecule is CCOC(=O)CCS(=O)(=O)NCc1cccc(C(=O)O)c1. The van der Waals surface area contributed by atoms with Gasteiger partial charge in [0.05, 0.1) is 24.3 Å². The molecule has 0 saturated carbocycles. The van der Waals surface area contributed by atoms with Gasteiger partial charge in [0.1, 0.15) is 0 Å². The van der Waals surface area contributed by atoms with Crippen molar-refractivity contribution in [1.82, 2.24) is 4.72 Å². The van der Waals surface area contributed by atoms with Gasteiger partial charge in [-0.3, -0.25) is 4.79 Å². The zero-order chi connectivity index (χ0) is 15.9. The maximum atomic E-state index is 11.7. The molecule has 8 heteroatoms. The summed E-state index contributed by atoms with van der Waals surface area (Å²) in [5, 5.41) is 8.84. The van der Waals surface area contributed by atoms with Gasteiger partial charge in [0, 0.05) is 6.54 Å². The van der Waals surface area contributed by atoms with Crippen LogP contribution < -0.4 is 4.72 Å². The molecule has 0 spiro atoms. The van der Waals surface area contributed by atoms with Crippen LogP contribution in [0.4, 0.5) is 0 Å². The lowest BCUT2D eigenvalue weighted by Crippen LogP contribution is -2.27. The Balaban J connectivity index is 2.55. The largest absolute Gasteiger partial charge is 0.478 e. The molecule has 0 bridgehead atoms. The number of hydrogen-bond donors (Lipinski definition) is 2. The topological polar surface area (TPSA) is 110 Å². The average Bonchev–Trinajstić information content (AvgIpc) is 2.44. The fraction of sp³-hybridized carbons (Fsp3) is 0.385. The van der Waals surface area contributed by atoms with Gasteiger partial charge in [-0.25, -0.2) is 17.9 Å². The molecule has 0 heterocycles. The standard InChI is InChI=1S/C13H17NO6S/c1-2-20-12(15)6-7-21(18,19)14-9-10-4-3-5-11(8-10)13(16)17/h3-5,8,14H,2,6-7,9H2,1H3,(H,16,17). The van der Waals surface area contributed by atoms with Gasteiger partial charge < -0.3 is 9.84 Å². The quantitative estimate of drug-likeness (QED) is 0.685. The van der Waals surface area contributed by atoms with Crippen molar-refractivity contribution in [3.05, 3.63) is 35.4 Å². The number of benzene rings is 1. The van der Waals surface area contributed by atoms with Crippen LogP contribution in [0.15, 0.2) is 24.3 Å². The molecule has 0 radical (unpaired) electrons. The van der Waals surface area contributed by atoms with Crippen LogP contribution >= 0.6 is 0 Å². The van der Waals surface area contributed by atoms with E-state index in [4.69, 9.17) is 5.11 Å². The van der Waals surface area contributed by atoms with Crippen molar-refractivity contribution in [2.24, 2.45) is 0 Å². The number of ether oxygens (including phenoxy) is 1. The number of aromatic carboxylic acids is 1. The summed E-state index contributed by atoms with van der Waals surface area (Å²) >= 11 is 0. The summed E-state index contributed by atoms with van der Waals surface area (Å²) in [6, 6.07) is 5.95. The molecule has 1 rings (SSSR count). The molecule has 0 unspecified atom stereocenters. The average molecular weight is 315 g/mol. The predicted octanol–water partition coefficient (Wildman–Crippen LogP) is 0.757. The van der Waals surface area contributed by atoms with E-state index in [0.717, 1.165) is 0 Å². The Bertz CT molecular complexity index is 611. The molecule has 0 fully saturated rings. The van der Waals surface area contributed by atoms with Crippen LogP contribution in [-0.4, -0.2) is 37.8 Å². The summed E-state index contributed by atoms with van der Waals surface area (Å²) in [6.45, 7) is 1.81. The van der Waals surface area contributed by atoms with E-state index in [1.54, 1.807) is 13.0 Å². The number of rotatable bonds is 8. The second-order valence-corrected chi connectivity index (χ2v) is 6.13. The Kier molecular flexibility index (Phi) is 6.32. The molecular formula is C13H17NO6S. The third-order valence-electron chi connectivity index (χ3n) is 2.55. The van der Waals surface area contributed by atoms with Gasteiger partial charge in [0.2, 0.25) is 10.0 Å². The fourth-order valence-corrected chi connectivity index (χ4v) is 2.50. The minimum absolute atomic E-state index is 0.0354. The smallest absolute Gasteiger partial charge is 0.335 e. The highest BCUT2D eigenvalue weighted by Crippen LogP contribution is 2.06. The van der Waals surface area contributed by atoms with Crippen molar-refractivity contribution in [2.75, 3.05) is 12.4 Å². The second kappa shape index (κ2) is 7.75. The number of carbonyl (C=O) groups is 2. The summed E-state index contributed by atoms with van der Waals surface area (Å²) in [4.78, 5) is 21.9. The highest BCUT2D eigenvalue weighted by molar-refractivity contribution is 7.89. The van der Waals surface area contributed by atoms with E-state index in [9.17, 15) is 18.0 Å². The van der Waals surface area contributed by atoms with Crippen LogP contribution in [0.1, 0.15) is 29.3 Å². The molecule has 0 aliphatic heterocycles. The van der Waals surface area contributed by atoms with Crippen LogP contribution in [0.3, 0.4) is 0 Å². The van der Waals surface area contributed by atoms with Crippen LogP contribution in [-0.2, 0) is 26.1 Å². The lowest BCUT2D eigenvalue weighted by atomic mass is 10.1. The lowest BCUT2D eigenvalue weighted by Gasteiger charge is -2.07. The maximum absolute atomic E-state index is 11.7. The first-order valence-corrected chi connectivity index (χ1v) is 7.94. The summed E-state index contributed by atoms with van der Waals surface area (Å²) in [7, 11) is -3.62. The molecule has 2 N–H and O–H groups in total. The van der Waals surface area contributed by atoms with Gasteiger partial charge in [-0.05, 0) is 24.6 Å². The van der Waals surface area contributed by atoms with E-state index in [-0.39, 0.29) is 30.9 Å². The molecule has 0 amide bonds. The second-order valence-electron chi connectivity index (χ2n) is 4.20. The molecule has 0 aromatic heterocycles. The maximum Gasteiger partial charge on any atom is 0.335 e. The normalized spacial score (nSPS) is 11.1. The van der Waals surface area contributed by atoms with E-state index in [1.807, 2.05) is 0 Å². The summed E-state index contributed by atoms with van der Waals surface area (Å²) in [6.07, 6.45) is -0.224. The first-order chi connectivity index (χ1) is 9.84. The Morgan fingerprint density at radius 1 is 1.33 bits per heavy atom. The van der Waals surface area contributed by atoms with Crippen LogP contribution in [0.2, 0.25) is 0 Å². The molecule has 1 aromatic rings. The number of nitrogens with one attached hydrogen (secondary N) is 1. The zero-order valence-corrected chi connectivity index (χ0v) is 12.4. The summed E-state index contributed by atoms with van der Waals surface area (Å²) in [5.41, 5.74) is 0.604. The van der Waals surface area contributed by atoms with E-state index >= 15 is 0 Å². The van der Waals surface area contributed by atoms with E-state index in [2.05, 4.69) is 9.46 Å². The number of carboxylic acid groups (broad SMARTS) is 1. The molecule has 1 aromatic carbocycles. The molecule has 0 aliphatic carbocycles. The Labute approximate surface area is 123 Å². The Morgan fingerprint density at radius 2 is 2.05 bits per heavy atom. The monoisotopic (exact) mass is 315 g/mol. The highest BCUT2D eigenvalue weighted by Gasteiger charge is 2.14. The van der Waals surface area contributed by atoms with Crippen LogP contribution in [0, 0.1) is 0 Å². The van der Waals surface area contributed by atoms with Crippen molar-refractivity contribution in [3.8, 4) is 0 Å². The molecule has 21 heavy (non-hydrogen) atoms. The molecule has 0 saturated heterocycles. The van der Waals surface area contributed by atoms with Gasteiger partial charge >= 0.3 is 11.9 Å². The minimum Gasteiger partial charge on any atom is -0.478 e. The van der Waals surface area contributed by atoms with Crippen molar-refractivity contribution in [2.45, 2.75) is 19.9 Å². The van der Waals surface area contributed by atoms with Gasteiger partial charge in [0.15, 0.2) is 0 Å². The van der Waals surface area contributed by atoms with Crippen LogP contribution in [0.5, 0.6) is 0 Å². The molecule has 0 aliphatic rings. The van der Waals surface area contributed by atoms with Crippen molar-refractivity contribution >= 4 is 22.0 Å². The van der Waals surface area contributed by atoms with Gasteiger partial charge in [-0.2, -0.15) is 0 Å². The number of sulfonamides is 1. The number of carbonyl (C=O) groups excluding carboxylic acids is 1. The minimum atomic E-state index is -3.62. The lowest BCUT2D eigenvalue weighted by molar-refractivity contribution is -0.142. The van der Waals surface area contributed by atoms with Gasteiger partial charge in [0.25, 0.3) is 0 Å². The summed E-state index contributed by atoms with van der Waals surface area (Å²) < 4.78 is 30.3. The van der Waals surface area contributed by atoms with E-state index in [1.165, 1.54) is 18.2 Å². The van der Waals surface area contributed by atoms with E-state index in [0.29, 0.717) is 5.56 Å². The molecular weight excluding hydrogens is 298 g/mol. The highest BCUT2D eigenvalue weighted by atomic mass is 32.2. The molecule has 7 nitrogen and oxygen atoms in total. The zero-order valence-electron chi connectivity index (χ0n) is 11.5. The fourth-order valence-electron chi connectivity index (χ4n) is 1.53. The van der Waals surface area contributed by atoms with Crippen molar-refractivity contribution in [1.29, 1.82) is 0 Å². The van der Waals surface area contributed by atoms with Crippen LogP contribution in [0.25, 0.3) is 0 Å².